The minimum absolute atomic E-state index is 0.0308. The third-order valence-corrected chi connectivity index (χ3v) is 11.1. The summed E-state index contributed by atoms with van der Waals surface area (Å²) in [6.45, 7) is 0.961. The highest BCUT2D eigenvalue weighted by atomic mass is 32.2. The molecule has 4 aromatic rings. The highest BCUT2D eigenvalue weighted by Gasteiger charge is 2.44. The van der Waals surface area contributed by atoms with Crippen LogP contribution in [-0.2, 0) is 32.1 Å². The van der Waals surface area contributed by atoms with E-state index in [1.54, 1.807) is 36.0 Å². The molecule has 55 heavy (non-hydrogen) atoms. The van der Waals surface area contributed by atoms with Crippen LogP contribution >= 0.6 is 11.8 Å². The molecule has 1 aromatic heterocycles. The average Bonchev–Trinajstić information content (AvgIpc) is 3.96. The summed E-state index contributed by atoms with van der Waals surface area (Å²) >= 11 is 1.74. The number of nitrogens with one attached hydrogen (secondary N) is 2. The fraction of sp³-hybridized carbons (Fsp3) is 0.390. The number of para-hydroxylation sites is 2. The number of aryl methyl sites for hydroxylation is 1. The lowest BCUT2D eigenvalue weighted by Gasteiger charge is -2.29. The van der Waals surface area contributed by atoms with Gasteiger partial charge in [0.05, 0.1) is 18.8 Å². The summed E-state index contributed by atoms with van der Waals surface area (Å²) in [4.78, 5) is 62.9. The van der Waals surface area contributed by atoms with Crippen molar-refractivity contribution in [2.45, 2.75) is 75.2 Å². The Bertz CT molecular complexity index is 1910. The monoisotopic (exact) mass is 765 g/mol. The van der Waals surface area contributed by atoms with Crippen LogP contribution in [-0.4, -0.2) is 91.1 Å². The van der Waals surface area contributed by atoms with Gasteiger partial charge < -0.3 is 35.2 Å². The number of thioether (sulfide) groups is 1. The quantitative estimate of drug-likeness (QED) is 0.0741. The fourth-order valence-corrected chi connectivity index (χ4v) is 7.88. The van der Waals surface area contributed by atoms with E-state index in [4.69, 9.17) is 19.6 Å². The second kappa shape index (κ2) is 19.6. The molecule has 12 nitrogen and oxygen atoms in total. The molecule has 4 N–H and O–H groups in total. The zero-order chi connectivity index (χ0) is 38.6. The molecule has 0 bridgehead atoms. The molecule has 3 heterocycles. The molecule has 2 aliphatic heterocycles. The number of fused-ring (bicyclic) bond motifs is 1. The van der Waals surface area contributed by atoms with E-state index < -0.39 is 47.9 Å². The summed E-state index contributed by atoms with van der Waals surface area (Å²) in [6, 6.07) is 23.1. The number of amides is 3. The summed E-state index contributed by atoms with van der Waals surface area (Å²) in [5.74, 6) is -0.0843. The number of Topliss-reactive ketones (excluding diaryl/α,β-unsaturated/α-hetero) is 1. The van der Waals surface area contributed by atoms with Gasteiger partial charge in [0.25, 0.3) is 5.89 Å². The van der Waals surface area contributed by atoms with Crippen molar-refractivity contribution in [3.8, 4) is 0 Å². The number of unbranched alkanes of at least 4 members (excludes halogenated alkanes) is 1. The third-order valence-electron chi connectivity index (χ3n) is 9.76. The molecule has 1 fully saturated rings. The third kappa shape index (κ3) is 11.1. The molecule has 6 rings (SSSR count). The molecule has 2 aliphatic rings. The molecule has 5 atom stereocenters. The molecular formula is C41H48BN5O7S. The van der Waals surface area contributed by atoms with Crippen molar-refractivity contribution in [1.29, 1.82) is 0 Å². The van der Waals surface area contributed by atoms with Gasteiger partial charge in [-0.25, -0.2) is 9.78 Å². The predicted molar refractivity (Wildman–Crippen MR) is 214 cm³/mol. The van der Waals surface area contributed by atoms with Crippen molar-refractivity contribution in [1.82, 2.24) is 20.5 Å². The van der Waals surface area contributed by atoms with Crippen molar-refractivity contribution in [2.24, 2.45) is 5.73 Å². The number of carbonyl (C=O) groups is 4. The Morgan fingerprint density at radius 1 is 0.909 bits per heavy atom. The van der Waals surface area contributed by atoms with Crippen molar-refractivity contribution in [3.05, 3.63) is 113 Å². The van der Waals surface area contributed by atoms with Crippen LogP contribution in [0.15, 0.2) is 100 Å². The number of hydrogen-bond acceptors (Lipinski definition) is 10. The maximum Gasteiger partial charge on any atom is 0.408 e. The summed E-state index contributed by atoms with van der Waals surface area (Å²) in [5.41, 5.74) is 8.56. The number of nitrogens with two attached hydrogens (primary N) is 1. The molecule has 0 spiro atoms. The van der Waals surface area contributed by atoms with Crippen molar-refractivity contribution >= 4 is 54.4 Å². The first kappa shape index (κ1) is 39.8. The Labute approximate surface area is 326 Å². The SMILES string of the molecule is BC1C=C(CO[C@@H]2C[C@@H](C(=O)N[C@@H](CCCCN)C(=O)c3nc4ccccc4o3)N(C(=O)[C@@H](CCc3ccccc3)NC(=O)OCc3ccccc3)C2)SC1. The minimum atomic E-state index is -1.01. The Hall–Kier alpha value is -4.92. The van der Waals surface area contributed by atoms with E-state index in [1.807, 2.05) is 60.7 Å². The number of benzene rings is 3. The maximum atomic E-state index is 14.6. The lowest BCUT2D eigenvalue weighted by Crippen LogP contribution is -2.55. The first-order chi connectivity index (χ1) is 26.8. The van der Waals surface area contributed by atoms with Crippen molar-refractivity contribution in [3.63, 3.8) is 0 Å². The van der Waals surface area contributed by atoms with Crippen LogP contribution in [0.25, 0.3) is 11.1 Å². The Morgan fingerprint density at radius 3 is 2.35 bits per heavy atom. The van der Waals surface area contributed by atoms with Crippen molar-refractivity contribution < 1.29 is 33.1 Å². The van der Waals surface area contributed by atoms with Gasteiger partial charge in [0.1, 0.15) is 32.1 Å². The number of likely N-dealkylation sites (tertiary alicyclic amines) is 1. The Kier molecular flexibility index (Phi) is 14.2. The second-order valence-electron chi connectivity index (χ2n) is 14.1. The van der Waals surface area contributed by atoms with E-state index in [0.29, 0.717) is 55.8 Å². The number of rotatable bonds is 18. The number of alkyl carbamates (subject to hydrolysis) is 1. The Balaban J connectivity index is 1.22. The van der Waals surface area contributed by atoms with Crippen LogP contribution in [0.5, 0.6) is 0 Å². The van der Waals surface area contributed by atoms with Gasteiger partial charge in [-0.05, 0) is 73.5 Å². The molecule has 0 saturated carbocycles. The van der Waals surface area contributed by atoms with Crippen LogP contribution in [0.1, 0.15) is 53.9 Å². The number of ketones is 1. The highest BCUT2D eigenvalue weighted by molar-refractivity contribution is 8.03. The second-order valence-corrected chi connectivity index (χ2v) is 15.2. The van der Waals surface area contributed by atoms with Crippen LogP contribution in [0.2, 0.25) is 5.82 Å². The van der Waals surface area contributed by atoms with Gasteiger partial charge in [-0.1, -0.05) is 78.9 Å². The van der Waals surface area contributed by atoms with E-state index in [0.717, 1.165) is 21.8 Å². The number of hydrogen-bond donors (Lipinski definition) is 3. The van der Waals surface area contributed by atoms with Crippen LogP contribution in [0.4, 0.5) is 4.79 Å². The first-order valence-corrected chi connectivity index (χ1v) is 19.9. The number of allylic oxidation sites excluding steroid dienone is 1. The number of ether oxygens (including phenoxy) is 2. The molecule has 14 heteroatoms. The summed E-state index contributed by atoms with van der Waals surface area (Å²) in [6.07, 6.45) is 3.48. The van der Waals surface area contributed by atoms with E-state index in [9.17, 15) is 19.2 Å². The summed E-state index contributed by atoms with van der Waals surface area (Å²) in [7, 11) is 2.15. The number of oxazole rings is 1. The standard InChI is InChI=1S/C41H48BN5O7S/c42-29-21-31(55-26-29)25-52-30-22-35(38(49)44-33(16-9-10-20-43)37(48)39-45-32-15-7-8-17-36(32)54-39)47(23-30)40(50)34(19-18-27-11-3-1-4-12-27)46-41(51)53-24-28-13-5-2-6-14-28/h1-8,11-15,17,21,29-30,33-35H,9-10,16,18-20,22-26,42-43H2,(H,44,49)(H,46,51)/t29?,30-,33+,34-,35+/m1/s1. The van der Waals surface area contributed by atoms with Crippen LogP contribution < -0.4 is 16.4 Å². The number of carbonyl (C=O) groups excluding carboxylic acids is 4. The largest absolute Gasteiger partial charge is 0.445 e. The average molecular weight is 766 g/mol. The van der Waals surface area contributed by atoms with E-state index in [2.05, 4.69) is 29.5 Å². The molecule has 288 valence electrons. The molecular weight excluding hydrogens is 717 g/mol. The summed E-state index contributed by atoms with van der Waals surface area (Å²) < 4.78 is 17.6. The zero-order valence-electron chi connectivity index (χ0n) is 31.1. The van der Waals surface area contributed by atoms with Gasteiger partial charge >= 0.3 is 6.09 Å². The van der Waals surface area contributed by atoms with Gasteiger partial charge in [-0.2, -0.15) is 0 Å². The van der Waals surface area contributed by atoms with E-state index in [-0.39, 0.29) is 31.9 Å². The molecule has 3 amide bonds. The van der Waals surface area contributed by atoms with Crippen molar-refractivity contribution in [2.75, 3.05) is 25.4 Å². The topological polar surface area (TPSA) is 166 Å². The molecule has 0 aliphatic carbocycles. The number of nitrogens with zero attached hydrogens (tertiary/aromatic N) is 2. The van der Waals surface area contributed by atoms with Gasteiger partial charge in [0.2, 0.25) is 17.6 Å². The van der Waals surface area contributed by atoms with E-state index in [1.165, 1.54) is 4.90 Å². The lowest BCUT2D eigenvalue weighted by molar-refractivity contribution is -0.140. The summed E-state index contributed by atoms with van der Waals surface area (Å²) in [5, 5.41) is 5.73. The van der Waals surface area contributed by atoms with Gasteiger partial charge in [-0.3, -0.25) is 14.4 Å². The molecule has 1 unspecified atom stereocenters. The van der Waals surface area contributed by atoms with Gasteiger partial charge in [0, 0.05) is 17.9 Å². The van der Waals surface area contributed by atoms with Crippen LogP contribution in [0, 0.1) is 0 Å². The van der Waals surface area contributed by atoms with Crippen LogP contribution in [0.3, 0.4) is 0 Å². The molecule has 0 radical (unpaired) electrons. The maximum absolute atomic E-state index is 14.6. The van der Waals surface area contributed by atoms with Gasteiger partial charge in [0.15, 0.2) is 5.58 Å². The van der Waals surface area contributed by atoms with Gasteiger partial charge in [-0.15, -0.1) is 11.8 Å². The Morgan fingerprint density at radius 2 is 1.64 bits per heavy atom. The molecule has 1 saturated heterocycles. The number of aromatic nitrogens is 1. The smallest absolute Gasteiger partial charge is 0.408 e. The first-order valence-electron chi connectivity index (χ1n) is 18.9. The minimum Gasteiger partial charge on any atom is -0.445 e. The lowest BCUT2D eigenvalue weighted by atomic mass is 9.89. The molecule has 3 aromatic carbocycles. The zero-order valence-corrected chi connectivity index (χ0v) is 31.9. The predicted octanol–water partition coefficient (Wildman–Crippen LogP) is 4.59. The fourth-order valence-electron chi connectivity index (χ4n) is 6.83. The highest BCUT2D eigenvalue weighted by Crippen LogP contribution is 2.32. The normalized spacial score (nSPS) is 19.1. The van der Waals surface area contributed by atoms with E-state index >= 15 is 0 Å².